The molecule has 0 unspecified atom stereocenters. The van der Waals surface area contributed by atoms with Crippen molar-refractivity contribution in [1.82, 2.24) is 0 Å². The summed E-state index contributed by atoms with van der Waals surface area (Å²) in [5, 5.41) is 131. The highest BCUT2D eigenvalue weighted by Gasteiger charge is 2.31. The summed E-state index contributed by atoms with van der Waals surface area (Å²) < 4.78 is 0. The first-order valence-corrected chi connectivity index (χ1v) is 9.98. The molecule has 0 aromatic heterocycles. The van der Waals surface area contributed by atoms with E-state index < -0.39 is 93.1 Å². The lowest BCUT2D eigenvalue weighted by Gasteiger charge is -2.22. The molecular weight excluding hydrogens is 504 g/mol. The number of aliphatic hydroxyl groups excluding tert-OH is 15. The Labute approximate surface area is 203 Å². The second kappa shape index (κ2) is 21.5. The normalized spacial score (nSPS) is 21.1. The summed E-state index contributed by atoms with van der Waals surface area (Å²) >= 11 is 0. The number of carbonyl (C=O) groups is 3. The SMILES string of the molecule is O=C[C@H](O)[C@@H](O)[C@@H](O)[C@H](O)CO.O=C[C@H](O)[C@@H](O)[C@H](O)[C@H](O)CO.O=C[C@H](O)[C@@H](O)[C@H](O)[C@H](O)CO. The average molecular weight is 540 g/mol. The van der Waals surface area contributed by atoms with Crippen molar-refractivity contribution in [2.75, 3.05) is 19.8 Å². The van der Waals surface area contributed by atoms with E-state index >= 15 is 0 Å². The van der Waals surface area contributed by atoms with Crippen LogP contribution in [0.2, 0.25) is 0 Å². The van der Waals surface area contributed by atoms with Gasteiger partial charge in [0.25, 0.3) is 0 Å². The van der Waals surface area contributed by atoms with Gasteiger partial charge in [-0.05, 0) is 0 Å². The highest BCUT2D eigenvalue weighted by atomic mass is 16.4. The van der Waals surface area contributed by atoms with Gasteiger partial charge in [0.2, 0.25) is 0 Å². The molecule has 0 heterocycles. The molecule has 0 radical (unpaired) electrons. The van der Waals surface area contributed by atoms with Gasteiger partial charge >= 0.3 is 0 Å². The number of aldehydes is 3. The smallest absolute Gasteiger partial charge is 0.151 e. The van der Waals surface area contributed by atoms with Crippen LogP contribution in [0.4, 0.5) is 0 Å². The third-order valence-electron chi connectivity index (χ3n) is 4.26. The van der Waals surface area contributed by atoms with Gasteiger partial charge in [0, 0.05) is 0 Å². The molecule has 0 saturated carbocycles. The van der Waals surface area contributed by atoms with Crippen molar-refractivity contribution in [2.24, 2.45) is 0 Å². The topological polar surface area (TPSA) is 355 Å². The molecule has 0 aromatic carbocycles. The Morgan fingerprint density at radius 3 is 0.639 bits per heavy atom. The van der Waals surface area contributed by atoms with Crippen LogP contribution in [0.25, 0.3) is 0 Å². The second-order valence-corrected chi connectivity index (χ2v) is 7.07. The van der Waals surface area contributed by atoms with E-state index in [0.717, 1.165) is 0 Å². The summed E-state index contributed by atoms with van der Waals surface area (Å²) in [4.78, 5) is 29.7. The summed E-state index contributed by atoms with van der Waals surface area (Å²) in [5.74, 6) is 0. The largest absolute Gasteiger partial charge is 0.394 e. The molecule has 0 rings (SSSR count). The van der Waals surface area contributed by atoms with Crippen LogP contribution in [-0.2, 0) is 14.4 Å². The Morgan fingerprint density at radius 1 is 0.361 bits per heavy atom. The van der Waals surface area contributed by atoms with Gasteiger partial charge in [0.1, 0.15) is 73.2 Å². The number of rotatable bonds is 15. The van der Waals surface area contributed by atoms with Crippen molar-refractivity contribution in [3.05, 3.63) is 0 Å². The van der Waals surface area contributed by atoms with Gasteiger partial charge < -0.3 is 91.0 Å². The molecule has 0 bridgehead atoms. The lowest BCUT2D eigenvalue weighted by atomic mass is 10.0. The summed E-state index contributed by atoms with van der Waals surface area (Å²) in [6, 6.07) is 0. The van der Waals surface area contributed by atoms with Crippen molar-refractivity contribution in [1.29, 1.82) is 0 Å². The molecule has 15 N–H and O–H groups in total. The Kier molecular flexibility index (Phi) is 23.2. The van der Waals surface area contributed by atoms with Crippen LogP contribution < -0.4 is 0 Å². The fourth-order valence-corrected chi connectivity index (χ4v) is 1.85. The summed E-state index contributed by atoms with van der Waals surface area (Å²) in [6.45, 7) is -2.28. The van der Waals surface area contributed by atoms with E-state index in [9.17, 15) is 14.4 Å². The molecule has 0 fully saturated rings. The van der Waals surface area contributed by atoms with Crippen LogP contribution in [0.5, 0.6) is 0 Å². The minimum Gasteiger partial charge on any atom is -0.394 e. The maximum atomic E-state index is 9.90. The zero-order chi connectivity index (χ0) is 29.2. The maximum absolute atomic E-state index is 9.90. The fraction of sp³-hybridized carbons (Fsp3) is 0.833. The molecular formula is C18H36O18. The number of aliphatic hydroxyl groups is 15. The van der Waals surface area contributed by atoms with Gasteiger partial charge in [-0.3, -0.25) is 0 Å². The molecule has 18 nitrogen and oxygen atoms in total. The first kappa shape index (κ1) is 38.9. The highest BCUT2D eigenvalue weighted by molar-refractivity contribution is 5.57. The average Bonchev–Trinajstić information content (AvgIpc) is 2.92. The van der Waals surface area contributed by atoms with E-state index in [1.54, 1.807) is 0 Å². The van der Waals surface area contributed by atoms with Crippen LogP contribution in [0.15, 0.2) is 0 Å². The summed E-state index contributed by atoms with van der Waals surface area (Å²) in [5.41, 5.74) is 0. The summed E-state index contributed by atoms with van der Waals surface area (Å²) in [6.07, 6.45) is -20.5. The molecule has 12 atom stereocenters. The standard InChI is InChI=1S/3C6H12O6/c3*7-1-3(9)5(11)6(12)4(10)2-8/h3*1,3-6,8-12H,2H2/t2*3-,4+,5+,6+;3-,4+,5+,6-/m000/s1. The zero-order valence-corrected chi connectivity index (χ0v) is 18.7. The molecule has 36 heavy (non-hydrogen) atoms. The predicted molar refractivity (Wildman–Crippen MR) is 112 cm³/mol. The zero-order valence-electron chi connectivity index (χ0n) is 18.7. The third kappa shape index (κ3) is 14.8. The number of hydrogen-bond donors (Lipinski definition) is 15. The van der Waals surface area contributed by atoms with Crippen molar-refractivity contribution >= 4 is 18.9 Å². The third-order valence-corrected chi connectivity index (χ3v) is 4.26. The van der Waals surface area contributed by atoms with Crippen molar-refractivity contribution in [2.45, 2.75) is 73.2 Å². The van der Waals surface area contributed by atoms with Gasteiger partial charge in [-0.1, -0.05) is 0 Å². The van der Waals surface area contributed by atoms with Gasteiger partial charge in [0.05, 0.1) is 19.8 Å². The first-order valence-electron chi connectivity index (χ1n) is 9.98. The number of carbonyl (C=O) groups excluding carboxylic acids is 3. The van der Waals surface area contributed by atoms with E-state index in [4.69, 9.17) is 76.6 Å². The van der Waals surface area contributed by atoms with E-state index in [1.807, 2.05) is 0 Å². The van der Waals surface area contributed by atoms with Crippen LogP contribution in [-0.4, -0.2) is 189 Å². The Balaban J connectivity index is -0.000000454. The minimum atomic E-state index is -1.79. The van der Waals surface area contributed by atoms with E-state index in [2.05, 4.69) is 0 Å². The van der Waals surface area contributed by atoms with Crippen LogP contribution in [0.3, 0.4) is 0 Å². The molecule has 0 aliphatic heterocycles. The van der Waals surface area contributed by atoms with E-state index in [-0.39, 0.29) is 18.9 Å². The van der Waals surface area contributed by atoms with E-state index in [0.29, 0.717) is 0 Å². The monoisotopic (exact) mass is 540 g/mol. The highest BCUT2D eigenvalue weighted by Crippen LogP contribution is 2.04. The maximum Gasteiger partial charge on any atom is 0.151 e. The Bertz CT molecular complexity index is 490. The molecule has 0 spiro atoms. The first-order chi connectivity index (χ1) is 16.6. The lowest BCUT2D eigenvalue weighted by Crippen LogP contribution is -2.46. The van der Waals surface area contributed by atoms with Gasteiger partial charge in [-0.25, -0.2) is 0 Å². The quantitative estimate of drug-likeness (QED) is 0.0856. The molecule has 0 aliphatic carbocycles. The fourth-order valence-electron chi connectivity index (χ4n) is 1.85. The van der Waals surface area contributed by atoms with Crippen molar-refractivity contribution in [3.63, 3.8) is 0 Å². The molecule has 0 amide bonds. The second-order valence-electron chi connectivity index (χ2n) is 7.07. The van der Waals surface area contributed by atoms with Crippen LogP contribution in [0.1, 0.15) is 0 Å². The van der Waals surface area contributed by atoms with Crippen molar-refractivity contribution in [3.8, 4) is 0 Å². The Morgan fingerprint density at radius 2 is 0.528 bits per heavy atom. The summed E-state index contributed by atoms with van der Waals surface area (Å²) in [7, 11) is 0. The number of hydrogen-bond acceptors (Lipinski definition) is 18. The molecule has 0 aliphatic rings. The van der Waals surface area contributed by atoms with Gasteiger partial charge in [-0.2, -0.15) is 0 Å². The molecule has 0 saturated heterocycles. The molecule has 18 heteroatoms. The predicted octanol–water partition coefficient (Wildman–Crippen LogP) is -10.1. The van der Waals surface area contributed by atoms with Crippen LogP contribution >= 0.6 is 0 Å². The Hall–Kier alpha value is -1.59. The van der Waals surface area contributed by atoms with Gasteiger partial charge in [0.15, 0.2) is 18.9 Å². The van der Waals surface area contributed by atoms with Gasteiger partial charge in [-0.15, -0.1) is 0 Å². The van der Waals surface area contributed by atoms with Crippen molar-refractivity contribution < 1.29 is 91.0 Å². The molecule has 216 valence electrons. The van der Waals surface area contributed by atoms with E-state index in [1.165, 1.54) is 0 Å². The van der Waals surface area contributed by atoms with Crippen LogP contribution in [0, 0.1) is 0 Å². The lowest BCUT2D eigenvalue weighted by molar-refractivity contribution is -0.136. The minimum absolute atomic E-state index is 0.0258. The molecule has 0 aromatic rings.